The van der Waals surface area contributed by atoms with Crippen molar-refractivity contribution >= 4 is 35.1 Å². The van der Waals surface area contributed by atoms with Crippen molar-refractivity contribution in [2.45, 2.75) is 59.3 Å². The van der Waals surface area contributed by atoms with Crippen LogP contribution in [0.1, 0.15) is 62.4 Å². The number of rotatable bonds is 7. The summed E-state index contributed by atoms with van der Waals surface area (Å²) in [5.41, 5.74) is 2.08. The summed E-state index contributed by atoms with van der Waals surface area (Å²) in [4.78, 5) is 39.1. The third-order valence-corrected chi connectivity index (χ3v) is 7.53. The van der Waals surface area contributed by atoms with Crippen LogP contribution in [-0.4, -0.2) is 96.6 Å². The molecule has 0 atom stereocenters. The van der Waals surface area contributed by atoms with Crippen molar-refractivity contribution in [1.29, 1.82) is 0 Å². The van der Waals surface area contributed by atoms with E-state index in [1.807, 2.05) is 65.0 Å². The van der Waals surface area contributed by atoms with Gasteiger partial charge in [0.05, 0.1) is 6.54 Å². The molecule has 2 saturated heterocycles. The van der Waals surface area contributed by atoms with Crippen LogP contribution in [0.25, 0.3) is 0 Å². The fourth-order valence-corrected chi connectivity index (χ4v) is 4.89. The zero-order valence-corrected chi connectivity index (χ0v) is 26.9. The molecule has 41 heavy (non-hydrogen) atoms. The second-order valence-corrected chi connectivity index (χ2v) is 11.1. The number of carbonyl (C=O) groups is 2. The number of halogens is 2. The molecule has 0 aliphatic carbocycles. The molecule has 3 amide bonds. The largest absolute Gasteiger partial charge is 0.476 e. The number of aryl methyl sites for hydroxylation is 2. The Morgan fingerprint density at radius 1 is 1.05 bits per heavy atom. The number of benzene rings is 1. The number of nitrogens with one attached hydrogen (secondary N) is 1. The summed E-state index contributed by atoms with van der Waals surface area (Å²) in [6.45, 7) is 12.1. The Morgan fingerprint density at radius 3 is 2.29 bits per heavy atom. The lowest BCUT2D eigenvalue weighted by molar-refractivity contribution is -0.131. The average molecular weight is 610 g/mol. The zero-order chi connectivity index (χ0) is 30.4. The first-order valence-corrected chi connectivity index (χ1v) is 15.2. The third kappa shape index (κ3) is 11.6. The first kappa shape index (κ1) is 34.6. The van der Waals surface area contributed by atoms with Crippen LogP contribution < -0.4 is 10.1 Å². The van der Waals surface area contributed by atoms with Crippen molar-refractivity contribution in [1.82, 2.24) is 30.0 Å². The fourth-order valence-electron chi connectivity index (χ4n) is 4.48. The maximum absolute atomic E-state index is 12.5. The van der Waals surface area contributed by atoms with E-state index in [-0.39, 0.29) is 24.4 Å². The highest BCUT2D eigenvalue weighted by atomic mass is 35.5. The van der Waals surface area contributed by atoms with Crippen LogP contribution in [0.4, 0.5) is 4.79 Å². The van der Waals surface area contributed by atoms with Crippen molar-refractivity contribution in [2.24, 2.45) is 0 Å². The number of nitrogens with zero attached hydrogens (tertiary/aromatic N) is 5. The van der Waals surface area contributed by atoms with E-state index in [1.165, 1.54) is 0 Å². The molecule has 1 N–H and O–H groups in total. The van der Waals surface area contributed by atoms with E-state index in [0.29, 0.717) is 36.4 Å². The van der Waals surface area contributed by atoms with Crippen molar-refractivity contribution < 1.29 is 14.3 Å². The van der Waals surface area contributed by atoms with Crippen LogP contribution in [0, 0.1) is 13.8 Å². The molecule has 0 bridgehead atoms. The smallest absolute Gasteiger partial charge is 0.317 e. The lowest BCUT2D eigenvalue weighted by Gasteiger charge is -2.32. The number of likely N-dealkylation sites (tertiary alicyclic amines) is 2. The molecule has 11 heteroatoms. The summed E-state index contributed by atoms with van der Waals surface area (Å²) in [5, 5.41) is 4.17. The van der Waals surface area contributed by atoms with Gasteiger partial charge in [0.1, 0.15) is 12.4 Å². The van der Waals surface area contributed by atoms with E-state index in [2.05, 4.69) is 20.2 Å². The summed E-state index contributed by atoms with van der Waals surface area (Å²) in [7, 11) is 4.02. The SMILES string of the molecule is CC.Cc1ccc(Cl)cc1Cl.Cc1ncc(C2CCN(C(=O)CNC(=O)N3CCCC3)CC2)c(OCCN(C)C)n1. The third-order valence-electron chi connectivity index (χ3n) is 6.88. The van der Waals surface area contributed by atoms with Gasteiger partial charge >= 0.3 is 6.03 Å². The van der Waals surface area contributed by atoms with Crippen molar-refractivity contribution in [3.63, 3.8) is 0 Å². The Balaban J connectivity index is 0.000000450. The lowest BCUT2D eigenvalue weighted by atomic mass is 9.90. The van der Waals surface area contributed by atoms with Crippen LogP contribution in [0.2, 0.25) is 10.0 Å². The summed E-state index contributed by atoms with van der Waals surface area (Å²) in [6, 6.07) is 5.32. The Bertz CT molecular complexity index is 1100. The van der Waals surface area contributed by atoms with Gasteiger partial charge in [-0.2, -0.15) is 4.98 Å². The fraction of sp³-hybridized carbons (Fsp3) is 0.600. The van der Waals surface area contributed by atoms with Crippen molar-refractivity contribution in [3.8, 4) is 5.88 Å². The molecule has 3 heterocycles. The van der Waals surface area contributed by atoms with Gasteiger partial charge in [0, 0.05) is 54.5 Å². The number of hydrogen-bond acceptors (Lipinski definition) is 6. The summed E-state index contributed by atoms with van der Waals surface area (Å²) in [6.07, 6.45) is 5.62. The standard InChI is InChI=1S/C21H34N6O3.C7H6Cl2.C2H6/c1-16-22-14-18(20(24-16)30-13-12-25(2)3)17-6-10-26(11-7-17)19(28)15-23-21(29)27-8-4-5-9-27;1-5-2-3-6(8)4-7(5)9;1-2/h14,17H,4-13,15H2,1-3H3,(H,23,29);2-4H,1H3;1-2H3. The second kappa shape index (κ2) is 18.0. The molecule has 4 rings (SSSR count). The van der Waals surface area contributed by atoms with Gasteiger partial charge in [-0.3, -0.25) is 4.79 Å². The summed E-state index contributed by atoms with van der Waals surface area (Å²) in [5.74, 6) is 1.60. The number of aromatic nitrogens is 2. The number of amides is 3. The molecule has 0 radical (unpaired) electrons. The molecule has 1 aromatic heterocycles. The quantitative estimate of drug-likeness (QED) is 0.442. The van der Waals surface area contributed by atoms with Crippen molar-refractivity contribution in [3.05, 3.63) is 51.4 Å². The van der Waals surface area contributed by atoms with E-state index < -0.39 is 0 Å². The maximum atomic E-state index is 12.5. The van der Waals surface area contributed by atoms with Gasteiger partial charge in [-0.15, -0.1) is 0 Å². The van der Waals surface area contributed by atoms with E-state index in [0.717, 1.165) is 61.5 Å². The van der Waals surface area contributed by atoms with Gasteiger partial charge < -0.3 is 24.8 Å². The number of ether oxygens (including phenoxy) is 1. The highest BCUT2D eigenvalue weighted by Crippen LogP contribution is 2.33. The van der Waals surface area contributed by atoms with Gasteiger partial charge in [-0.25, -0.2) is 9.78 Å². The molecule has 2 aromatic rings. The Morgan fingerprint density at radius 2 is 1.71 bits per heavy atom. The Kier molecular flexibility index (Phi) is 15.2. The van der Waals surface area contributed by atoms with Crippen LogP contribution in [0.3, 0.4) is 0 Å². The molecular weight excluding hydrogens is 563 g/mol. The maximum Gasteiger partial charge on any atom is 0.317 e. The molecule has 0 saturated carbocycles. The molecule has 2 fully saturated rings. The van der Waals surface area contributed by atoms with Crippen molar-refractivity contribution in [2.75, 3.05) is 60.0 Å². The van der Waals surface area contributed by atoms with Crippen LogP contribution in [0.15, 0.2) is 24.4 Å². The van der Waals surface area contributed by atoms with Crippen LogP contribution >= 0.6 is 23.2 Å². The number of piperidine rings is 1. The van der Waals surface area contributed by atoms with E-state index in [4.69, 9.17) is 27.9 Å². The van der Waals surface area contributed by atoms with Gasteiger partial charge in [-0.05, 0) is 77.2 Å². The van der Waals surface area contributed by atoms with Gasteiger partial charge in [-0.1, -0.05) is 43.1 Å². The number of urea groups is 1. The van der Waals surface area contributed by atoms with E-state index in [9.17, 15) is 9.59 Å². The Labute approximate surface area is 255 Å². The lowest BCUT2D eigenvalue weighted by Crippen LogP contribution is -2.46. The van der Waals surface area contributed by atoms with Gasteiger partial charge in [0.15, 0.2) is 0 Å². The molecule has 0 unspecified atom stereocenters. The highest BCUT2D eigenvalue weighted by molar-refractivity contribution is 6.35. The summed E-state index contributed by atoms with van der Waals surface area (Å²) < 4.78 is 5.94. The predicted octanol–water partition coefficient (Wildman–Crippen LogP) is 5.56. The highest BCUT2D eigenvalue weighted by Gasteiger charge is 2.27. The first-order chi connectivity index (χ1) is 19.6. The van der Waals surface area contributed by atoms with Gasteiger partial charge in [0.25, 0.3) is 0 Å². The molecule has 228 valence electrons. The molecule has 9 nitrogen and oxygen atoms in total. The number of hydrogen-bond donors (Lipinski definition) is 1. The topological polar surface area (TPSA) is 90.9 Å². The minimum Gasteiger partial charge on any atom is -0.476 e. The molecule has 1 aromatic carbocycles. The number of carbonyl (C=O) groups excluding carboxylic acids is 2. The number of likely N-dealkylation sites (N-methyl/N-ethyl adjacent to an activating group) is 1. The second-order valence-electron chi connectivity index (χ2n) is 10.2. The molecular formula is C30H46Cl2N6O3. The molecule has 0 spiro atoms. The first-order valence-electron chi connectivity index (χ1n) is 14.5. The zero-order valence-electron chi connectivity index (χ0n) is 25.4. The average Bonchev–Trinajstić information content (AvgIpc) is 3.51. The van der Waals surface area contributed by atoms with Gasteiger partial charge in [0.2, 0.25) is 11.8 Å². The Hall–Kier alpha value is -2.62. The minimum absolute atomic E-state index is 0.0244. The van der Waals surface area contributed by atoms with E-state index in [1.54, 1.807) is 11.0 Å². The molecule has 2 aliphatic heterocycles. The minimum atomic E-state index is -0.132. The summed E-state index contributed by atoms with van der Waals surface area (Å²) >= 11 is 11.4. The van der Waals surface area contributed by atoms with Crippen LogP contribution in [-0.2, 0) is 4.79 Å². The van der Waals surface area contributed by atoms with E-state index >= 15 is 0 Å². The predicted molar refractivity (Wildman–Crippen MR) is 166 cm³/mol. The monoisotopic (exact) mass is 608 g/mol. The molecule has 2 aliphatic rings. The normalized spacial score (nSPS) is 15.0. The van der Waals surface area contributed by atoms with Crippen LogP contribution in [0.5, 0.6) is 5.88 Å².